The predicted octanol–water partition coefficient (Wildman–Crippen LogP) is 1.53. The van der Waals surface area contributed by atoms with E-state index < -0.39 is 0 Å². The molecule has 0 radical (unpaired) electrons. The van der Waals surface area contributed by atoms with Gasteiger partial charge in [-0.3, -0.25) is 9.78 Å². The molecule has 0 saturated carbocycles. The van der Waals surface area contributed by atoms with Crippen LogP contribution in [0.2, 0.25) is 0 Å². The van der Waals surface area contributed by atoms with Crippen LogP contribution in [0, 0.1) is 0 Å². The smallest absolute Gasteiger partial charge is 0.259 e. The molecule has 2 rings (SSSR count). The zero-order valence-electron chi connectivity index (χ0n) is 8.79. The third kappa shape index (κ3) is 1.58. The van der Waals surface area contributed by atoms with Gasteiger partial charge in [0.1, 0.15) is 0 Å². The molecular weight excluding hydrogens is 190 g/mol. The Hall–Kier alpha value is -1.84. The van der Waals surface area contributed by atoms with Gasteiger partial charge < -0.3 is 10.3 Å². The van der Waals surface area contributed by atoms with E-state index in [2.05, 4.69) is 15.3 Å². The minimum absolute atomic E-state index is 0.105. The summed E-state index contributed by atoms with van der Waals surface area (Å²) in [4.78, 5) is 18.7. The fourth-order valence-electron chi connectivity index (χ4n) is 1.63. The maximum atomic E-state index is 11.6. The first-order chi connectivity index (χ1) is 7.26. The number of anilines is 1. The Morgan fingerprint density at radius 3 is 3.00 bits per heavy atom. The van der Waals surface area contributed by atoms with Crippen molar-refractivity contribution in [2.45, 2.75) is 13.3 Å². The molecule has 0 aliphatic rings. The van der Waals surface area contributed by atoms with E-state index in [1.807, 2.05) is 19.1 Å². The molecule has 2 heterocycles. The van der Waals surface area contributed by atoms with Crippen LogP contribution in [0.1, 0.15) is 12.6 Å². The number of hydrogen-bond acceptors (Lipinski definition) is 3. The number of nitrogens with zero attached hydrogens (tertiary/aromatic N) is 1. The fourth-order valence-corrected chi connectivity index (χ4v) is 1.63. The summed E-state index contributed by atoms with van der Waals surface area (Å²) in [6, 6.07) is 3.73. The van der Waals surface area contributed by atoms with E-state index in [-0.39, 0.29) is 5.56 Å². The van der Waals surface area contributed by atoms with Gasteiger partial charge in [-0.2, -0.15) is 0 Å². The summed E-state index contributed by atoms with van der Waals surface area (Å²) >= 11 is 0. The zero-order valence-corrected chi connectivity index (χ0v) is 8.79. The van der Waals surface area contributed by atoms with E-state index in [9.17, 15) is 4.79 Å². The summed E-state index contributed by atoms with van der Waals surface area (Å²) in [5.74, 6) is 0. The van der Waals surface area contributed by atoms with Crippen molar-refractivity contribution in [3.63, 3.8) is 0 Å². The van der Waals surface area contributed by atoms with Crippen molar-refractivity contribution in [1.82, 2.24) is 9.97 Å². The predicted molar refractivity (Wildman–Crippen MR) is 61.3 cm³/mol. The first-order valence-corrected chi connectivity index (χ1v) is 4.95. The highest BCUT2D eigenvalue weighted by Crippen LogP contribution is 2.18. The number of rotatable bonds is 2. The molecule has 0 atom stereocenters. The van der Waals surface area contributed by atoms with Crippen molar-refractivity contribution in [2.75, 3.05) is 12.4 Å². The molecule has 78 valence electrons. The molecule has 0 saturated heterocycles. The van der Waals surface area contributed by atoms with Gasteiger partial charge in [0.25, 0.3) is 5.56 Å². The lowest BCUT2D eigenvalue weighted by atomic mass is 10.2. The van der Waals surface area contributed by atoms with Crippen LogP contribution in [0.5, 0.6) is 0 Å². The van der Waals surface area contributed by atoms with Gasteiger partial charge >= 0.3 is 0 Å². The van der Waals surface area contributed by atoms with Gasteiger partial charge in [0, 0.05) is 18.9 Å². The van der Waals surface area contributed by atoms with Gasteiger partial charge in [-0.05, 0) is 18.6 Å². The minimum Gasteiger partial charge on any atom is -0.387 e. The average molecular weight is 203 g/mol. The van der Waals surface area contributed by atoms with Gasteiger partial charge in [0.15, 0.2) is 0 Å². The molecule has 0 aliphatic carbocycles. The maximum absolute atomic E-state index is 11.6. The van der Waals surface area contributed by atoms with E-state index in [0.29, 0.717) is 5.39 Å². The number of hydrogen-bond donors (Lipinski definition) is 2. The lowest BCUT2D eigenvalue weighted by Gasteiger charge is -2.06. The molecule has 4 heteroatoms. The molecule has 15 heavy (non-hydrogen) atoms. The number of nitrogens with one attached hydrogen (secondary N) is 2. The molecule has 0 aliphatic heterocycles. The molecule has 0 amide bonds. The molecule has 2 aromatic rings. The van der Waals surface area contributed by atoms with E-state index >= 15 is 0 Å². The summed E-state index contributed by atoms with van der Waals surface area (Å²) in [7, 11) is 1.81. The molecule has 4 nitrogen and oxygen atoms in total. The number of aromatic amines is 1. The second-order valence-corrected chi connectivity index (χ2v) is 3.33. The topological polar surface area (TPSA) is 57.8 Å². The summed E-state index contributed by atoms with van der Waals surface area (Å²) < 4.78 is 0. The van der Waals surface area contributed by atoms with Crippen molar-refractivity contribution < 1.29 is 0 Å². The van der Waals surface area contributed by atoms with Crippen LogP contribution >= 0.6 is 0 Å². The van der Waals surface area contributed by atoms with Gasteiger partial charge in [-0.1, -0.05) is 6.92 Å². The Balaban J connectivity index is 2.87. The second-order valence-electron chi connectivity index (χ2n) is 3.33. The second kappa shape index (κ2) is 3.73. The highest BCUT2D eigenvalue weighted by molar-refractivity contribution is 5.90. The van der Waals surface area contributed by atoms with Crippen LogP contribution in [0.15, 0.2) is 23.1 Å². The largest absolute Gasteiger partial charge is 0.387 e. The molecule has 2 N–H and O–H groups in total. The third-order valence-corrected chi connectivity index (χ3v) is 2.41. The Morgan fingerprint density at radius 2 is 2.33 bits per heavy atom. The summed E-state index contributed by atoms with van der Waals surface area (Å²) in [5.41, 5.74) is 2.45. The Bertz CT molecular complexity index is 545. The normalized spacial score (nSPS) is 10.5. The third-order valence-electron chi connectivity index (χ3n) is 2.41. The monoisotopic (exact) mass is 203 g/mol. The minimum atomic E-state index is -0.105. The first-order valence-electron chi connectivity index (χ1n) is 4.95. The van der Waals surface area contributed by atoms with Crippen LogP contribution in [0.3, 0.4) is 0 Å². The average Bonchev–Trinajstić information content (AvgIpc) is 2.27. The Morgan fingerprint density at radius 1 is 1.53 bits per heavy atom. The van der Waals surface area contributed by atoms with E-state index in [1.54, 1.807) is 13.2 Å². The van der Waals surface area contributed by atoms with Gasteiger partial charge in [0.05, 0.1) is 16.6 Å². The van der Waals surface area contributed by atoms with Crippen LogP contribution in [0.25, 0.3) is 10.9 Å². The summed E-state index contributed by atoms with van der Waals surface area (Å²) in [6.45, 7) is 2.04. The van der Waals surface area contributed by atoms with Crippen LogP contribution in [-0.2, 0) is 6.42 Å². The van der Waals surface area contributed by atoms with E-state index in [1.165, 1.54) is 0 Å². The number of pyridine rings is 2. The van der Waals surface area contributed by atoms with Gasteiger partial charge in [0.2, 0.25) is 0 Å². The lowest BCUT2D eigenvalue weighted by Crippen LogP contribution is -2.09. The Labute approximate surface area is 87.4 Å². The summed E-state index contributed by atoms with van der Waals surface area (Å²) in [6.07, 6.45) is 2.48. The molecule has 0 aromatic carbocycles. The van der Waals surface area contributed by atoms with Crippen molar-refractivity contribution in [2.24, 2.45) is 0 Å². The highest BCUT2D eigenvalue weighted by atomic mass is 16.1. The molecule has 0 fully saturated rings. The van der Waals surface area contributed by atoms with Crippen molar-refractivity contribution in [1.29, 1.82) is 0 Å². The Kier molecular flexibility index (Phi) is 2.41. The molecule has 0 bridgehead atoms. The molecular formula is C11H13N3O. The van der Waals surface area contributed by atoms with Gasteiger partial charge in [-0.25, -0.2) is 0 Å². The summed E-state index contributed by atoms with van der Waals surface area (Å²) in [5, 5.41) is 3.65. The van der Waals surface area contributed by atoms with Crippen molar-refractivity contribution in [3.8, 4) is 0 Å². The van der Waals surface area contributed by atoms with Crippen LogP contribution in [0.4, 0.5) is 5.69 Å². The quantitative estimate of drug-likeness (QED) is 0.778. The van der Waals surface area contributed by atoms with Crippen molar-refractivity contribution >= 4 is 16.6 Å². The zero-order chi connectivity index (χ0) is 10.8. The molecule has 2 aromatic heterocycles. The van der Waals surface area contributed by atoms with E-state index in [4.69, 9.17) is 0 Å². The van der Waals surface area contributed by atoms with Crippen LogP contribution in [-0.4, -0.2) is 17.0 Å². The number of aryl methyl sites for hydroxylation is 1. The first kappa shape index (κ1) is 9.71. The number of fused-ring (bicyclic) bond motifs is 1. The standard InChI is InChI=1S/C11H13N3O/c1-3-7-6-9(12-2)10-8(14-7)4-5-13-11(10)15/h4-6H,3H2,1-2H3,(H,12,14)(H,13,15). The number of H-pyrrole nitrogens is 1. The molecule has 0 unspecified atom stereocenters. The highest BCUT2D eigenvalue weighted by Gasteiger charge is 2.06. The maximum Gasteiger partial charge on any atom is 0.259 e. The van der Waals surface area contributed by atoms with Crippen molar-refractivity contribution in [3.05, 3.63) is 34.4 Å². The van der Waals surface area contributed by atoms with E-state index in [0.717, 1.165) is 23.3 Å². The lowest BCUT2D eigenvalue weighted by molar-refractivity contribution is 1.05. The fraction of sp³-hybridized carbons (Fsp3) is 0.273. The molecule has 0 spiro atoms. The SMILES string of the molecule is CCc1cc(NC)c2c(=O)[nH]ccc2n1. The van der Waals surface area contributed by atoms with Crippen LogP contribution < -0.4 is 10.9 Å². The van der Waals surface area contributed by atoms with Gasteiger partial charge in [-0.15, -0.1) is 0 Å². The number of aromatic nitrogens is 2.